The van der Waals surface area contributed by atoms with Gasteiger partial charge in [0, 0.05) is 43.9 Å². The van der Waals surface area contributed by atoms with Gasteiger partial charge in [0.25, 0.3) is 0 Å². The van der Waals surface area contributed by atoms with Gasteiger partial charge in [0.05, 0.1) is 0 Å². The topological polar surface area (TPSA) is 71.5 Å². The molecule has 1 aromatic carbocycles. The summed E-state index contributed by atoms with van der Waals surface area (Å²) in [5.41, 5.74) is 2.24. The van der Waals surface area contributed by atoms with E-state index in [1.54, 1.807) is 18.3 Å². The average molecular weight is 444 g/mol. The molecule has 0 atom stereocenters. The van der Waals surface area contributed by atoms with Crippen molar-refractivity contribution in [2.75, 3.05) is 13.1 Å². The van der Waals surface area contributed by atoms with Crippen LogP contribution in [0.2, 0.25) is 5.15 Å². The Kier molecular flexibility index (Phi) is 7.68. The van der Waals surface area contributed by atoms with Crippen LogP contribution in [0.25, 0.3) is 0 Å². The SMILES string of the molecule is CC(C)(C)OC(=O)NC1CCN(Cc2ccc(C(=O)Cc3ccnc(Cl)c3)cc2)CC1. The van der Waals surface area contributed by atoms with Crippen LogP contribution in [0, 0.1) is 0 Å². The zero-order chi connectivity index (χ0) is 22.4. The molecule has 1 N–H and O–H groups in total. The second-order valence-electron chi connectivity index (χ2n) is 8.98. The molecule has 7 heteroatoms. The van der Waals surface area contributed by atoms with E-state index in [9.17, 15) is 9.59 Å². The predicted molar refractivity (Wildman–Crippen MR) is 121 cm³/mol. The number of hydrogen-bond donors (Lipinski definition) is 1. The number of Topliss-reactive ketones (excluding diaryl/α,β-unsaturated/α-hetero) is 1. The van der Waals surface area contributed by atoms with Crippen molar-refractivity contribution in [1.29, 1.82) is 0 Å². The zero-order valence-corrected chi connectivity index (χ0v) is 19.1. The van der Waals surface area contributed by atoms with Gasteiger partial charge in [-0.1, -0.05) is 35.9 Å². The van der Waals surface area contributed by atoms with Crippen molar-refractivity contribution in [2.24, 2.45) is 0 Å². The van der Waals surface area contributed by atoms with Crippen LogP contribution in [0.1, 0.15) is 55.1 Å². The van der Waals surface area contributed by atoms with Crippen molar-refractivity contribution in [2.45, 2.75) is 58.2 Å². The first-order valence-electron chi connectivity index (χ1n) is 10.6. The van der Waals surface area contributed by atoms with Crippen LogP contribution in [0.4, 0.5) is 4.79 Å². The Hall–Kier alpha value is -2.44. The summed E-state index contributed by atoms with van der Waals surface area (Å²) in [6.45, 7) is 8.23. The summed E-state index contributed by atoms with van der Waals surface area (Å²) in [5, 5.41) is 3.36. The molecule has 0 radical (unpaired) electrons. The maximum absolute atomic E-state index is 12.5. The Bertz CT molecular complexity index is 901. The van der Waals surface area contributed by atoms with Crippen LogP contribution in [-0.2, 0) is 17.7 Å². The van der Waals surface area contributed by atoms with Crippen molar-refractivity contribution < 1.29 is 14.3 Å². The molecular formula is C24H30ClN3O3. The summed E-state index contributed by atoms with van der Waals surface area (Å²) in [6.07, 6.45) is 3.36. The number of carbonyl (C=O) groups excluding carboxylic acids is 2. The average Bonchev–Trinajstić information content (AvgIpc) is 2.68. The van der Waals surface area contributed by atoms with Crippen molar-refractivity contribution >= 4 is 23.5 Å². The third-order valence-electron chi connectivity index (χ3n) is 5.15. The predicted octanol–water partition coefficient (Wildman–Crippen LogP) is 4.65. The molecule has 6 nitrogen and oxygen atoms in total. The van der Waals surface area contributed by atoms with Crippen LogP contribution in [0.5, 0.6) is 0 Å². The van der Waals surface area contributed by atoms with Gasteiger partial charge in [-0.3, -0.25) is 9.69 Å². The second-order valence-corrected chi connectivity index (χ2v) is 9.37. The number of nitrogens with zero attached hydrogens (tertiary/aromatic N) is 2. The number of likely N-dealkylation sites (tertiary alicyclic amines) is 1. The number of halogens is 1. The summed E-state index contributed by atoms with van der Waals surface area (Å²) >= 11 is 5.89. The van der Waals surface area contributed by atoms with Gasteiger partial charge in [-0.2, -0.15) is 0 Å². The van der Waals surface area contributed by atoms with Gasteiger partial charge in [0.15, 0.2) is 5.78 Å². The standard InChI is InChI=1S/C24H30ClN3O3/c1-24(2,3)31-23(30)27-20-9-12-28(13-10-20)16-17-4-6-19(7-5-17)21(29)14-18-8-11-26-22(25)15-18/h4-8,11,15,20H,9-10,12-14,16H2,1-3H3,(H,27,30). The van der Waals surface area contributed by atoms with Gasteiger partial charge < -0.3 is 10.1 Å². The van der Waals surface area contributed by atoms with Gasteiger partial charge in [0.2, 0.25) is 0 Å². The number of benzene rings is 1. The Morgan fingerprint density at radius 3 is 2.42 bits per heavy atom. The summed E-state index contributed by atoms with van der Waals surface area (Å²) < 4.78 is 5.34. The van der Waals surface area contributed by atoms with Gasteiger partial charge >= 0.3 is 6.09 Å². The van der Waals surface area contributed by atoms with E-state index in [1.165, 1.54) is 5.56 Å². The molecule has 1 aliphatic heterocycles. The molecule has 166 valence electrons. The minimum Gasteiger partial charge on any atom is -0.444 e. The molecule has 1 fully saturated rings. The first-order valence-corrected chi connectivity index (χ1v) is 11.0. The lowest BCUT2D eigenvalue weighted by Gasteiger charge is -2.32. The maximum atomic E-state index is 12.5. The molecule has 1 saturated heterocycles. The molecule has 2 aromatic rings. The number of aromatic nitrogens is 1. The highest BCUT2D eigenvalue weighted by atomic mass is 35.5. The third-order valence-corrected chi connectivity index (χ3v) is 5.35. The Morgan fingerprint density at radius 1 is 1.13 bits per heavy atom. The highest BCUT2D eigenvalue weighted by molar-refractivity contribution is 6.29. The highest BCUT2D eigenvalue weighted by Gasteiger charge is 2.23. The molecular weight excluding hydrogens is 414 g/mol. The van der Waals surface area contributed by atoms with Crippen molar-refractivity contribution in [3.8, 4) is 0 Å². The number of nitrogens with one attached hydrogen (secondary N) is 1. The molecule has 0 aliphatic carbocycles. The fraction of sp³-hybridized carbons (Fsp3) is 0.458. The van der Waals surface area contributed by atoms with Gasteiger partial charge in [-0.25, -0.2) is 9.78 Å². The highest BCUT2D eigenvalue weighted by Crippen LogP contribution is 2.17. The molecule has 0 spiro atoms. The molecule has 0 saturated carbocycles. The summed E-state index contributed by atoms with van der Waals surface area (Å²) in [5.74, 6) is 0.0582. The van der Waals surface area contributed by atoms with E-state index in [1.807, 2.05) is 45.0 Å². The Labute approximate surface area is 188 Å². The molecule has 3 rings (SSSR count). The van der Waals surface area contributed by atoms with Crippen LogP contribution < -0.4 is 5.32 Å². The summed E-state index contributed by atoms with van der Waals surface area (Å²) in [7, 11) is 0. The number of piperidine rings is 1. The molecule has 1 aliphatic rings. The number of ketones is 1. The fourth-order valence-corrected chi connectivity index (χ4v) is 3.80. The van der Waals surface area contributed by atoms with E-state index >= 15 is 0 Å². The quantitative estimate of drug-likeness (QED) is 0.519. The Morgan fingerprint density at radius 2 is 1.81 bits per heavy atom. The van der Waals surface area contributed by atoms with E-state index in [0.29, 0.717) is 17.1 Å². The second kappa shape index (κ2) is 10.2. The van der Waals surface area contributed by atoms with E-state index in [2.05, 4.69) is 15.2 Å². The van der Waals surface area contributed by atoms with Crippen LogP contribution in [0.15, 0.2) is 42.6 Å². The summed E-state index contributed by atoms with van der Waals surface area (Å²) in [6, 6.07) is 11.5. The number of hydrogen-bond acceptors (Lipinski definition) is 5. The lowest BCUT2D eigenvalue weighted by Crippen LogP contribution is -2.45. The van der Waals surface area contributed by atoms with Gasteiger partial charge in [-0.05, 0) is 56.9 Å². The zero-order valence-electron chi connectivity index (χ0n) is 18.4. The van der Waals surface area contributed by atoms with Gasteiger partial charge in [-0.15, -0.1) is 0 Å². The molecule has 0 bridgehead atoms. The van der Waals surface area contributed by atoms with Crippen molar-refractivity contribution in [3.05, 3.63) is 64.4 Å². The monoisotopic (exact) mass is 443 g/mol. The molecule has 1 aromatic heterocycles. The maximum Gasteiger partial charge on any atom is 0.407 e. The summed E-state index contributed by atoms with van der Waals surface area (Å²) in [4.78, 5) is 30.8. The molecule has 31 heavy (non-hydrogen) atoms. The van der Waals surface area contributed by atoms with E-state index in [0.717, 1.165) is 38.0 Å². The lowest BCUT2D eigenvalue weighted by molar-refractivity contribution is 0.0477. The largest absolute Gasteiger partial charge is 0.444 e. The van der Waals surface area contributed by atoms with Crippen molar-refractivity contribution in [1.82, 2.24) is 15.2 Å². The smallest absolute Gasteiger partial charge is 0.407 e. The normalized spacial score (nSPS) is 15.5. The molecule has 1 amide bonds. The first-order chi connectivity index (χ1) is 14.7. The van der Waals surface area contributed by atoms with E-state index in [4.69, 9.17) is 16.3 Å². The van der Waals surface area contributed by atoms with Gasteiger partial charge in [0.1, 0.15) is 10.8 Å². The number of ether oxygens (including phenoxy) is 1. The van der Waals surface area contributed by atoms with Crippen LogP contribution >= 0.6 is 11.6 Å². The minimum atomic E-state index is -0.482. The van der Waals surface area contributed by atoms with E-state index < -0.39 is 5.60 Å². The molecule has 0 unspecified atom stereocenters. The lowest BCUT2D eigenvalue weighted by atomic mass is 10.0. The fourth-order valence-electron chi connectivity index (χ4n) is 3.60. The minimum absolute atomic E-state index is 0.0582. The number of pyridine rings is 1. The van der Waals surface area contributed by atoms with Crippen molar-refractivity contribution in [3.63, 3.8) is 0 Å². The van der Waals surface area contributed by atoms with Crippen LogP contribution in [-0.4, -0.2) is 46.5 Å². The number of rotatable bonds is 6. The number of carbonyl (C=O) groups is 2. The number of alkyl carbamates (subject to hydrolysis) is 1. The Balaban J connectivity index is 1.45. The number of amides is 1. The van der Waals surface area contributed by atoms with Crippen LogP contribution in [0.3, 0.4) is 0 Å². The third kappa shape index (κ3) is 7.64. The molecule has 2 heterocycles. The first kappa shape index (κ1) is 23.2. The van der Waals surface area contributed by atoms with E-state index in [-0.39, 0.29) is 17.9 Å².